The van der Waals surface area contributed by atoms with E-state index >= 15 is 0 Å². The molecule has 174 valence electrons. The standard InChI is InChI=1S/C24H21ClN4O4S/c1-28-21-6-4-3-5-20(21)22(24(28)31)26-27-23(30)17-9-13-19(14-10-17)29(34(2,32)33)15-16-7-11-18(25)12-8-16/h3-14,31H,15H2,1-2H3. The number of nitrogens with zero attached hydrogens (tertiary/aromatic N) is 4. The van der Waals surface area contributed by atoms with Gasteiger partial charge in [-0.05, 0) is 48.0 Å². The van der Waals surface area contributed by atoms with E-state index in [1.807, 2.05) is 12.1 Å². The zero-order valence-corrected chi connectivity index (χ0v) is 20.0. The molecule has 0 aliphatic heterocycles. The minimum atomic E-state index is -3.59. The van der Waals surface area contributed by atoms with Gasteiger partial charge in [0.15, 0.2) is 5.69 Å². The SMILES string of the molecule is Cn1c(O)c(N=NC(=O)c2ccc(N(Cc3ccc(Cl)cc3)S(C)(=O)=O)cc2)c2ccccc21. The topological polar surface area (TPSA) is 104 Å². The van der Waals surface area contributed by atoms with Crippen molar-refractivity contribution in [2.24, 2.45) is 17.3 Å². The molecular formula is C24H21ClN4O4S. The molecule has 0 saturated carbocycles. The number of halogens is 1. The molecule has 0 aliphatic rings. The van der Waals surface area contributed by atoms with Crippen LogP contribution in [-0.4, -0.2) is 30.3 Å². The highest BCUT2D eigenvalue weighted by atomic mass is 35.5. The van der Waals surface area contributed by atoms with Crippen LogP contribution in [0.3, 0.4) is 0 Å². The fourth-order valence-electron chi connectivity index (χ4n) is 3.54. The van der Waals surface area contributed by atoms with E-state index in [2.05, 4.69) is 10.2 Å². The van der Waals surface area contributed by atoms with Gasteiger partial charge in [0.1, 0.15) is 0 Å². The number of carbonyl (C=O) groups is 1. The van der Waals surface area contributed by atoms with Crippen LogP contribution in [0.4, 0.5) is 11.4 Å². The van der Waals surface area contributed by atoms with Gasteiger partial charge in [-0.15, -0.1) is 10.2 Å². The Bertz CT molecular complexity index is 1490. The summed E-state index contributed by atoms with van der Waals surface area (Å²) in [6.07, 6.45) is 1.12. The number of anilines is 1. The number of para-hydroxylation sites is 1. The van der Waals surface area contributed by atoms with Gasteiger partial charge in [0.25, 0.3) is 5.91 Å². The molecule has 8 nitrogen and oxygen atoms in total. The highest BCUT2D eigenvalue weighted by Gasteiger charge is 2.19. The lowest BCUT2D eigenvalue weighted by Gasteiger charge is -2.22. The summed E-state index contributed by atoms with van der Waals surface area (Å²) in [5.74, 6) is -0.721. The number of azo groups is 1. The van der Waals surface area contributed by atoms with Crippen molar-refractivity contribution in [3.63, 3.8) is 0 Å². The van der Waals surface area contributed by atoms with Crippen molar-refractivity contribution in [1.29, 1.82) is 0 Å². The Morgan fingerprint density at radius 1 is 1.03 bits per heavy atom. The number of fused-ring (bicyclic) bond motifs is 1. The molecule has 0 unspecified atom stereocenters. The second-order valence-corrected chi connectivity index (χ2v) is 10.0. The maximum Gasteiger partial charge on any atom is 0.295 e. The third-order valence-electron chi connectivity index (χ3n) is 5.33. The highest BCUT2D eigenvalue weighted by Crippen LogP contribution is 2.37. The van der Waals surface area contributed by atoms with Crippen LogP contribution in [0, 0.1) is 0 Å². The van der Waals surface area contributed by atoms with Crippen molar-refractivity contribution in [3.8, 4) is 5.88 Å². The summed E-state index contributed by atoms with van der Waals surface area (Å²) in [5.41, 5.74) is 2.35. The van der Waals surface area contributed by atoms with Gasteiger partial charge in [-0.1, -0.05) is 41.9 Å². The molecule has 1 amide bonds. The minimum absolute atomic E-state index is 0.0981. The molecule has 0 atom stereocenters. The summed E-state index contributed by atoms with van der Waals surface area (Å²) in [7, 11) is -1.90. The number of rotatable bonds is 6. The number of aryl methyl sites for hydroxylation is 1. The smallest absolute Gasteiger partial charge is 0.295 e. The lowest BCUT2D eigenvalue weighted by atomic mass is 10.2. The van der Waals surface area contributed by atoms with E-state index in [1.54, 1.807) is 48.0 Å². The summed E-state index contributed by atoms with van der Waals surface area (Å²) in [6.45, 7) is 0.114. The van der Waals surface area contributed by atoms with Crippen LogP contribution in [-0.2, 0) is 23.6 Å². The van der Waals surface area contributed by atoms with Crippen LogP contribution < -0.4 is 4.31 Å². The third kappa shape index (κ3) is 4.80. The Morgan fingerprint density at radius 3 is 2.32 bits per heavy atom. The second-order valence-electron chi connectivity index (χ2n) is 7.70. The van der Waals surface area contributed by atoms with Crippen LogP contribution in [0.1, 0.15) is 15.9 Å². The molecule has 4 aromatic rings. The zero-order valence-electron chi connectivity index (χ0n) is 18.4. The van der Waals surface area contributed by atoms with Gasteiger partial charge in [-0.3, -0.25) is 9.10 Å². The number of hydrogen-bond acceptors (Lipinski definition) is 5. The van der Waals surface area contributed by atoms with Crippen molar-refractivity contribution in [2.45, 2.75) is 6.54 Å². The molecule has 0 radical (unpaired) electrons. The van der Waals surface area contributed by atoms with Gasteiger partial charge in [0.2, 0.25) is 15.9 Å². The maximum atomic E-state index is 12.6. The van der Waals surface area contributed by atoms with Crippen molar-refractivity contribution >= 4 is 49.8 Å². The monoisotopic (exact) mass is 496 g/mol. The molecule has 0 fully saturated rings. The predicted octanol–water partition coefficient (Wildman–Crippen LogP) is 5.43. The summed E-state index contributed by atoms with van der Waals surface area (Å²) in [4.78, 5) is 12.6. The van der Waals surface area contributed by atoms with Gasteiger partial charge in [-0.25, -0.2) is 8.42 Å². The highest BCUT2D eigenvalue weighted by molar-refractivity contribution is 7.92. The van der Waals surface area contributed by atoms with Crippen molar-refractivity contribution < 1.29 is 18.3 Å². The number of hydrogen-bond donors (Lipinski definition) is 1. The Kier molecular flexibility index (Phi) is 6.41. The van der Waals surface area contributed by atoms with E-state index in [0.29, 0.717) is 16.1 Å². The third-order valence-corrected chi connectivity index (χ3v) is 6.73. The fourth-order valence-corrected chi connectivity index (χ4v) is 4.55. The van der Waals surface area contributed by atoms with Crippen molar-refractivity contribution in [1.82, 2.24) is 4.57 Å². The van der Waals surface area contributed by atoms with Gasteiger partial charge < -0.3 is 9.67 Å². The fraction of sp³-hybridized carbons (Fsp3) is 0.125. The average Bonchev–Trinajstić information content (AvgIpc) is 3.06. The lowest BCUT2D eigenvalue weighted by molar-refractivity contribution is 0.0995. The van der Waals surface area contributed by atoms with Crippen LogP contribution in [0.2, 0.25) is 5.02 Å². The zero-order chi connectivity index (χ0) is 24.5. The Morgan fingerprint density at radius 2 is 1.68 bits per heavy atom. The van der Waals surface area contributed by atoms with Gasteiger partial charge in [0, 0.05) is 23.0 Å². The number of sulfonamides is 1. The van der Waals surface area contributed by atoms with Crippen LogP contribution in [0.15, 0.2) is 83.0 Å². The molecule has 0 spiro atoms. The van der Waals surface area contributed by atoms with E-state index in [0.717, 1.165) is 17.3 Å². The second kappa shape index (κ2) is 9.28. The molecule has 0 aliphatic carbocycles. The molecule has 1 aromatic heterocycles. The predicted molar refractivity (Wildman–Crippen MR) is 132 cm³/mol. The Hall–Kier alpha value is -3.69. The molecule has 1 N–H and O–H groups in total. The molecular weight excluding hydrogens is 476 g/mol. The van der Waals surface area contributed by atoms with Gasteiger partial charge in [-0.2, -0.15) is 0 Å². The summed E-state index contributed by atoms with van der Waals surface area (Å²) in [6, 6.07) is 20.2. The summed E-state index contributed by atoms with van der Waals surface area (Å²) in [5, 5.41) is 19.3. The van der Waals surface area contributed by atoms with Gasteiger partial charge >= 0.3 is 0 Å². The first-order valence-corrected chi connectivity index (χ1v) is 12.4. The van der Waals surface area contributed by atoms with E-state index in [9.17, 15) is 18.3 Å². The number of amides is 1. The van der Waals surface area contributed by atoms with E-state index in [-0.39, 0.29) is 23.7 Å². The molecule has 34 heavy (non-hydrogen) atoms. The van der Waals surface area contributed by atoms with Crippen molar-refractivity contribution in [2.75, 3.05) is 10.6 Å². The number of aromatic hydroxyl groups is 1. The molecule has 3 aromatic carbocycles. The van der Waals surface area contributed by atoms with Gasteiger partial charge in [0.05, 0.1) is 24.0 Å². The first-order valence-electron chi connectivity index (χ1n) is 10.2. The molecule has 1 heterocycles. The summed E-state index contributed by atoms with van der Waals surface area (Å²) >= 11 is 5.91. The normalized spacial score (nSPS) is 11.9. The quantitative estimate of drug-likeness (QED) is 0.359. The number of aromatic nitrogens is 1. The summed E-state index contributed by atoms with van der Waals surface area (Å²) < 4.78 is 27.6. The largest absolute Gasteiger partial charge is 0.493 e. The Labute approximate surface area is 201 Å². The number of benzene rings is 3. The number of carbonyl (C=O) groups excluding carboxylic acids is 1. The molecule has 10 heteroatoms. The van der Waals surface area contributed by atoms with E-state index < -0.39 is 15.9 Å². The molecule has 0 saturated heterocycles. The van der Waals surface area contributed by atoms with E-state index in [1.165, 1.54) is 28.6 Å². The van der Waals surface area contributed by atoms with Crippen LogP contribution in [0.25, 0.3) is 10.9 Å². The van der Waals surface area contributed by atoms with Crippen LogP contribution >= 0.6 is 11.6 Å². The van der Waals surface area contributed by atoms with E-state index in [4.69, 9.17) is 11.6 Å². The molecule has 4 rings (SSSR count). The lowest BCUT2D eigenvalue weighted by Crippen LogP contribution is -2.29. The minimum Gasteiger partial charge on any atom is -0.493 e. The molecule has 0 bridgehead atoms. The Balaban J connectivity index is 1.57. The van der Waals surface area contributed by atoms with Crippen LogP contribution in [0.5, 0.6) is 5.88 Å². The maximum absolute atomic E-state index is 12.6. The first kappa shape index (κ1) is 23.5. The first-order chi connectivity index (χ1) is 16.1. The van der Waals surface area contributed by atoms with Crippen molar-refractivity contribution in [3.05, 3.63) is 88.9 Å². The average molecular weight is 497 g/mol.